The van der Waals surface area contributed by atoms with Crippen molar-refractivity contribution in [3.05, 3.63) is 18.3 Å². The van der Waals surface area contributed by atoms with E-state index in [-0.39, 0.29) is 0 Å². The van der Waals surface area contributed by atoms with Gasteiger partial charge in [-0.2, -0.15) is 5.10 Å². The van der Waals surface area contributed by atoms with Gasteiger partial charge in [-0.05, 0) is 12.1 Å². The zero-order valence-corrected chi connectivity index (χ0v) is 10.1. The molecule has 0 amide bonds. The second-order valence-corrected chi connectivity index (χ2v) is 3.97. The van der Waals surface area contributed by atoms with Gasteiger partial charge in [-0.15, -0.1) is 0 Å². The molecule has 0 saturated heterocycles. The van der Waals surface area contributed by atoms with E-state index in [1.165, 1.54) is 0 Å². The first-order chi connectivity index (χ1) is 8.69. The molecule has 92 valence electrons. The number of fused-ring (bicyclic) bond motifs is 1. The summed E-state index contributed by atoms with van der Waals surface area (Å²) in [5.41, 5.74) is 8.22. The highest BCUT2D eigenvalue weighted by molar-refractivity contribution is 5.80. The monoisotopic (exact) mass is 243 g/mol. The summed E-state index contributed by atoms with van der Waals surface area (Å²) in [6.07, 6.45) is 1.69. The summed E-state index contributed by atoms with van der Waals surface area (Å²) in [6.45, 7) is 0. The number of H-pyrrole nitrogens is 1. The summed E-state index contributed by atoms with van der Waals surface area (Å²) in [5, 5.41) is 7.07. The lowest BCUT2D eigenvalue weighted by atomic mass is 10.3. The predicted molar refractivity (Wildman–Crippen MR) is 70.0 cm³/mol. The fraction of sp³-hybridized carbons (Fsp3) is 0.182. The van der Waals surface area contributed by atoms with E-state index in [2.05, 4.69) is 25.4 Å². The van der Waals surface area contributed by atoms with E-state index in [4.69, 9.17) is 5.73 Å². The van der Waals surface area contributed by atoms with Crippen LogP contribution in [0.5, 0.6) is 0 Å². The van der Waals surface area contributed by atoms with E-state index in [0.29, 0.717) is 17.3 Å². The average Bonchev–Trinajstić information content (AvgIpc) is 2.93. The molecule has 0 aliphatic rings. The van der Waals surface area contributed by atoms with Crippen molar-refractivity contribution < 1.29 is 0 Å². The lowest BCUT2D eigenvalue weighted by molar-refractivity contribution is 0.779. The summed E-state index contributed by atoms with van der Waals surface area (Å²) in [4.78, 5) is 12.0. The molecule has 0 saturated carbocycles. The number of nitrogens with two attached hydrogens (primary N) is 1. The zero-order chi connectivity index (χ0) is 12.7. The second-order valence-electron chi connectivity index (χ2n) is 3.97. The third kappa shape index (κ3) is 1.48. The molecule has 0 bridgehead atoms. The number of imidazole rings is 1. The van der Waals surface area contributed by atoms with Crippen LogP contribution in [0.4, 0.5) is 11.6 Å². The molecule has 0 aliphatic carbocycles. The number of rotatable bonds is 2. The first-order valence-corrected chi connectivity index (χ1v) is 5.51. The van der Waals surface area contributed by atoms with Gasteiger partial charge >= 0.3 is 0 Å². The summed E-state index contributed by atoms with van der Waals surface area (Å²) in [5.74, 6) is 2.03. The fourth-order valence-corrected chi connectivity index (χ4v) is 1.79. The number of aromatic nitrogens is 5. The van der Waals surface area contributed by atoms with Gasteiger partial charge in [-0.1, -0.05) is 0 Å². The lowest BCUT2D eigenvalue weighted by Crippen LogP contribution is -1.98. The standard InChI is InChI=1S/C11H13N7/c1-13-8-4-3-7-11(16-8)17-10(15-7)6-5-14-18(2)9(6)12/h3-5H,12H2,1-2H3,(H2,13,15,16,17). The number of hydrogen-bond donors (Lipinski definition) is 3. The van der Waals surface area contributed by atoms with Crippen LogP contribution in [0.15, 0.2) is 18.3 Å². The Morgan fingerprint density at radius 3 is 2.83 bits per heavy atom. The van der Waals surface area contributed by atoms with Crippen LogP contribution in [0.2, 0.25) is 0 Å². The minimum atomic E-state index is 0.572. The van der Waals surface area contributed by atoms with Gasteiger partial charge in [0.1, 0.15) is 17.5 Å². The molecule has 3 aromatic heterocycles. The molecule has 0 spiro atoms. The molecule has 7 heteroatoms. The molecule has 7 nitrogen and oxygen atoms in total. The van der Waals surface area contributed by atoms with E-state index < -0.39 is 0 Å². The Balaban J connectivity index is 2.16. The SMILES string of the molecule is CNc1ccc2[nH]c(-c3cnn(C)c3N)nc2n1. The Kier molecular flexibility index (Phi) is 2.19. The van der Waals surface area contributed by atoms with Gasteiger partial charge in [-0.25, -0.2) is 9.97 Å². The number of aromatic amines is 1. The second kappa shape index (κ2) is 3.73. The first kappa shape index (κ1) is 10.6. The molecule has 3 heterocycles. The fourth-order valence-electron chi connectivity index (χ4n) is 1.79. The molecular weight excluding hydrogens is 230 g/mol. The molecule has 3 rings (SSSR count). The molecule has 0 aliphatic heterocycles. The van der Waals surface area contributed by atoms with Gasteiger partial charge in [-0.3, -0.25) is 4.68 Å². The first-order valence-electron chi connectivity index (χ1n) is 5.51. The lowest BCUT2D eigenvalue weighted by Gasteiger charge is -1.95. The van der Waals surface area contributed by atoms with Crippen LogP contribution in [0.25, 0.3) is 22.6 Å². The average molecular weight is 243 g/mol. The van der Waals surface area contributed by atoms with Gasteiger partial charge < -0.3 is 16.0 Å². The molecule has 3 aromatic rings. The Hall–Kier alpha value is -2.57. The van der Waals surface area contributed by atoms with Crippen LogP contribution in [-0.2, 0) is 7.05 Å². The van der Waals surface area contributed by atoms with E-state index in [1.807, 2.05) is 19.2 Å². The third-order valence-corrected chi connectivity index (χ3v) is 2.84. The van der Waals surface area contributed by atoms with Crippen molar-refractivity contribution in [2.45, 2.75) is 0 Å². The summed E-state index contributed by atoms with van der Waals surface area (Å²) in [6, 6.07) is 3.81. The number of nitrogens with zero attached hydrogens (tertiary/aromatic N) is 4. The maximum absolute atomic E-state index is 5.92. The normalized spacial score (nSPS) is 11.0. The number of nitrogens with one attached hydrogen (secondary N) is 2. The minimum Gasteiger partial charge on any atom is -0.383 e. The van der Waals surface area contributed by atoms with E-state index in [1.54, 1.807) is 17.9 Å². The molecule has 4 N–H and O–H groups in total. The Morgan fingerprint density at radius 1 is 1.33 bits per heavy atom. The van der Waals surface area contributed by atoms with E-state index in [9.17, 15) is 0 Å². The number of pyridine rings is 1. The Labute approximate surface area is 103 Å². The zero-order valence-electron chi connectivity index (χ0n) is 10.1. The van der Waals surface area contributed by atoms with E-state index >= 15 is 0 Å². The highest BCUT2D eigenvalue weighted by Crippen LogP contribution is 2.24. The molecule has 0 atom stereocenters. The predicted octanol–water partition coefficient (Wildman–Crippen LogP) is 0.982. The van der Waals surface area contributed by atoms with Crippen LogP contribution in [-0.4, -0.2) is 31.8 Å². The maximum atomic E-state index is 5.92. The van der Waals surface area contributed by atoms with Crippen LogP contribution in [0.3, 0.4) is 0 Å². The van der Waals surface area contributed by atoms with Crippen LogP contribution in [0.1, 0.15) is 0 Å². The van der Waals surface area contributed by atoms with Gasteiger partial charge in [0, 0.05) is 14.1 Å². The topological polar surface area (TPSA) is 97.4 Å². The maximum Gasteiger partial charge on any atom is 0.180 e. The summed E-state index contributed by atoms with van der Waals surface area (Å²) < 4.78 is 1.61. The number of nitrogen functional groups attached to an aromatic ring is 1. The number of aryl methyl sites for hydroxylation is 1. The van der Waals surface area contributed by atoms with Crippen molar-refractivity contribution in [2.24, 2.45) is 7.05 Å². The van der Waals surface area contributed by atoms with Crippen LogP contribution < -0.4 is 11.1 Å². The number of anilines is 2. The van der Waals surface area contributed by atoms with Gasteiger partial charge in [0.05, 0.1) is 17.3 Å². The van der Waals surface area contributed by atoms with Crippen LogP contribution >= 0.6 is 0 Å². The van der Waals surface area contributed by atoms with Crippen molar-refractivity contribution in [1.29, 1.82) is 0 Å². The highest BCUT2D eigenvalue weighted by Gasteiger charge is 2.12. The molecule has 0 aromatic carbocycles. The quantitative estimate of drug-likeness (QED) is 0.623. The molecule has 0 fully saturated rings. The highest BCUT2D eigenvalue weighted by atomic mass is 15.3. The van der Waals surface area contributed by atoms with E-state index in [0.717, 1.165) is 16.9 Å². The van der Waals surface area contributed by atoms with Gasteiger partial charge in [0.2, 0.25) is 0 Å². The Bertz CT molecular complexity index is 709. The molecule has 18 heavy (non-hydrogen) atoms. The van der Waals surface area contributed by atoms with Gasteiger partial charge in [0.25, 0.3) is 0 Å². The largest absolute Gasteiger partial charge is 0.383 e. The van der Waals surface area contributed by atoms with Crippen molar-refractivity contribution in [2.75, 3.05) is 18.1 Å². The van der Waals surface area contributed by atoms with Crippen molar-refractivity contribution >= 4 is 22.8 Å². The van der Waals surface area contributed by atoms with Crippen LogP contribution in [0, 0.1) is 0 Å². The number of hydrogen-bond acceptors (Lipinski definition) is 5. The van der Waals surface area contributed by atoms with Crippen molar-refractivity contribution in [1.82, 2.24) is 24.7 Å². The molecule has 0 radical (unpaired) electrons. The molecular formula is C11H13N7. The van der Waals surface area contributed by atoms with Crippen molar-refractivity contribution in [3.63, 3.8) is 0 Å². The Morgan fingerprint density at radius 2 is 2.17 bits per heavy atom. The smallest absolute Gasteiger partial charge is 0.180 e. The minimum absolute atomic E-state index is 0.572. The van der Waals surface area contributed by atoms with Crippen molar-refractivity contribution in [3.8, 4) is 11.4 Å². The summed E-state index contributed by atoms with van der Waals surface area (Å²) in [7, 11) is 3.61. The third-order valence-electron chi connectivity index (χ3n) is 2.84. The molecule has 0 unspecified atom stereocenters. The van der Waals surface area contributed by atoms with Gasteiger partial charge in [0.15, 0.2) is 5.65 Å². The summed E-state index contributed by atoms with van der Waals surface area (Å²) >= 11 is 0.